The van der Waals surface area contributed by atoms with Gasteiger partial charge in [0, 0.05) is 57.3 Å². The molecule has 29 heavy (non-hydrogen) atoms. The zero-order valence-electron chi connectivity index (χ0n) is 16.8. The molecule has 0 spiro atoms. The first-order valence-electron chi connectivity index (χ1n) is 10.2. The number of carbonyl (C=O) groups excluding carboxylic acids is 2. The standard InChI is InChI=1S/C23H27N3O3/c1-18(27)25-11-9-24(10-12-25)16-19-7-8-22-21(15-19)17-26(13-14-29-22)23(28)20-5-3-2-4-6-20/h2-8,15H,9-14,16-17H2,1H3. The van der Waals surface area contributed by atoms with Crippen LogP contribution in [0.1, 0.15) is 28.4 Å². The number of piperazine rings is 1. The number of hydrogen-bond acceptors (Lipinski definition) is 4. The van der Waals surface area contributed by atoms with Gasteiger partial charge in [0.1, 0.15) is 12.4 Å². The lowest BCUT2D eigenvalue weighted by atomic mass is 10.1. The van der Waals surface area contributed by atoms with Crippen LogP contribution in [0.3, 0.4) is 0 Å². The van der Waals surface area contributed by atoms with Crippen LogP contribution >= 0.6 is 0 Å². The number of benzene rings is 2. The summed E-state index contributed by atoms with van der Waals surface area (Å²) in [5.41, 5.74) is 2.96. The minimum Gasteiger partial charge on any atom is -0.491 e. The highest BCUT2D eigenvalue weighted by molar-refractivity contribution is 5.94. The Morgan fingerprint density at radius 2 is 1.69 bits per heavy atom. The maximum atomic E-state index is 12.9. The van der Waals surface area contributed by atoms with Crippen LogP contribution in [0, 0.1) is 0 Å². The molecule has 2 amide bonds. The summed E-state index contributed by atoms with van der Waals surface area (Å²) in [5, 5.41) is 0. The van der Waals surface area contributed by atoms with Gasteiger partial charge in [0.2, 0.25) is 5.91 Å². The van der Waals surface area contributed by atoms with Crippen molar-refractivity contribution in [2.24, 2.45) is 0 Å². The van der Waals surface area contributed by atoms with Gasteiger partial charge in [0.25, 0.3) is 5.91 Å². The van der Waals surface area contributed by atoms with E-state index in [2.05, 4.69) is 17.0 Å². The molecule has 0 unspecified atom stereocenters. The van der Waals surface area contributed by atoms with E-state index in [-0.39, 0.29) is 11.8 Å². The molecular weight excluding hydrogens is 366 g/mol. The monoisotopic (exact) mass is 393 g/mol. The lowest BCUT2D eigenvalue weighted by Crippen LogP contribution is -2.47. The van der Waals surface area contributed by atoms with Gasteiger partial charge in [-0.1, -0.05) is 24.3 Å². The predicted octanol–water partition coefficient (Wildman–Crippen LogP) is 2.39. The highest BCUT2D eigenvalue weighted by atomic mass is 16.5. The SMILES string of the molecule is CC(=O)N1CCN(Cc2ccc3c(c2)CN(C(=O)c2ccccc2)CCO3)CC1. The molecule has 2 aromatic carbocycles. The van der Waals surface area contributed by atoms with Gasteiger partial charge in [-0.25, -0.2) is 0 Å². The molecule has 1 saturated heterocycles. The van der Waals surface area contributed by atoms with E-state index < -0.39 is 0 Å². The van der Waals surface area contributed by atoms with Gasteiger partial charge in [0.15, 0.2) is 0 Å². The third-order valence-electron chi connectivity index (χ3n) is 5.64. The van der Waals surface area contributed by atoms with Gasteiger partial charge in [-0.15, -0.1) is 0 Å². The predicted molar refractivity (Wildman–Crippen MR) is 111 cm³/mol. The second-order valence-corrected chi connectivity index (χ2v) is 7.67. The number of fused-ring (bicyclic) bond motifs is 1. The van der Waals surface area contributed by atoms with Crippen LogP contribution in [-0.4, -0.2) is 65.8 Å². The molecular formula is C23H27N3O3. The molecule has 2 heterocycles. The van der Waals surface area contributed by atoms with E-state index in [1.165, 1.54) is 5.56 Å². The van der Waals surface area contributed by atoms with E-state index in [1.54, 1.807) is 6.92 Å². The summed E-state index contributed by atoms with van der Waals surface area (Å²) in [7, 11) is 0. The Kier molecular flexibility index (Phi) is 5.81. The molecule has 0 aliphatic carbocycles. The molecule has 152 valence electrons. The van der Waals surface area contributed by atoms with E-state index >= 15 is 0 Å². The average molecular weight is 393 g/mol. The Hall–Kier alpha value is -2.86. The lowest BCUT2D eigenvalue weighted by Gasteiger charge is -2.34. The Labute approximate surface area is 171 Å². The highest BCUT2D eigenvalue weighted by Gasteiger charge is 2.22. The van der Waals surface area contributed by atoms with Crippen molar-refractivity contribution in [1.82, 2.24) is 14.7 Å². The van der Waals surface area contributed by atoms with Crippen molar-refractivity contribution in [3.63, 3.8) is 0 Å². The largest absolute Gasteiger partial charge is 0.491 e. The van der Waals surface area contributed by atoms with E-state index in [9.17, 15) is 9.59 Å². The summed E-state index contributed by atoms with van der Waals surface area (Å²) in [6.45, 7) is 7.41. The summed E-state index contributed by atoms with van der Waals surface area (Å²) < 4.78 is 5.90. The first-order valence-corrected chi connectivity index (χ1v) is 10.2. The van der Waals surface area contributed by atoms with Crippen molar-refractivity contribution in [2.75, 3.05) is 39.3 Å². The zero-order valence-corrected chi connectivity index (χ0v) is 16.8. The first-order chi connectivity index (χ1) is 14.1. The fraction of sp³-hybridized carbons (Fsp3) is 0.391. The number of ether oxygens (including phenoxy) is 1. The Morgan fingerprint density at radius 3 is 2.41 bits per heavy atom. The second kappa shape index (κ2) is 8.66. The normalized spacial score (nSPS) is 17.3. The average Bonchev–Trinajstić information content (AvgIpc) is 2.96. The summed E-state index contributed by atoms with van der Waals surface area (Å²) in [6, 6.07) is 15.7. The zero-order chi connectivity index (χ0) is 20.2. The molecule has 0 saturated carbocycles. The van der Waals surface area contributed by atoms with Crippen LogP contribution in [0.4, 0.5) is 0 Å². The van der Waals surface area contributed by atoms with Crippen molar-refractivity contribution < 1.29 is 14.3 Å². The van der Waals surface area contributed by atoms with E-state index in [0.29, 0.717) is 25.3 Å². The molecule has 0 radical (unpaired) electrons. The lowest BCUT2D eigenvalue weighted by molar-refractivity contribution is -0.130. The molecule has 4 rings (SSSR count). The number of rotatable bonds is 3. The maximum Gasteiger partial charge on any atom is 0.254 e. The number of nitrogens with zero attached hydrogens (tertiary/aromatic N) is 3. The molecule has 0 bridgehead atoms. The molecule has 2 aliphatic rings. The molecule has 2 aliphatic heterocycles. The topological polar surface area (TPSA) is 53.1 Å². The number of amides is 2. The number of hydrogen-bond donors (Lipinski definition) is 0. The van der Waals surface area contributed by atoms with Gasteiger partial charge in [-0.2, -0.15) is 0 Å². The third-order valence-corrected chi connectivity index (χ3v) is 5.64. The smallest absolute Gasteiger partial charge is 0.254 e. The molecule has 1 fully saturated rings. The Bertz CT molecular complexity index is 876. The summed E-state index contributed by atoms with van der Waals surface area (Å²) in [5.74, 6) is 1.04. The van der Waals surface area contributed by atoms with Crippen LogP contribution in [0.5, 0.6) is 5.75 Å². The van der Waals surface area contributed by atoms with Crippen molar-refractivity contribution >= 4 is 11.8 Å². The van der Waals surface area contributed by atoms with Gasteiger partial charge >= 0.3 is 0 Å². The van der Waals surface area contributed by atoms with E-state index in [0.717, 1.165) is 44.0 Å². The molecule has 6 nitrogen and oxygen atoms in total. The Balaban J connectivity index is 1.44. The molecule has 0 aromatic heterocycles. The minimum absolute atomic E-state index is 0.0350. The molecule has 0 atom stereocenters. The highest BCUT2D eigenvalue weighted by Crippen LogP contribution is 2.26. The summed E-state index contributed by atoms with van der Waals surface area (Å²) >= 11 is 0. The van der Waals surface area contributed by atoms with Gasteiger partial charge in [-0.3, -0.25) is 14.5 Å². The van der Waals surface area contributed by atoms with Gasteiger partial charge in [-0.05, 0) is 29.8 Å². The number of carbonyl (C=O) groups is 2. The first kappa shape index (κ1) is 19.5. The van der Waals surface area contributed by atoms with E-state index in [4.69, 9.17) is 4.74 Å². The summed E-state index contributed by atoms with van der Waals surface area (Å²) in [4.78, 5) is 30.5. The maximum absolute atomic E-state index is 12.9. The minimum atomic E-state index is 0.0350. The van der Waals surface area contributed by atoms with Crippen LogP contribution in [0.25, 0.3) is 0 Å². The van der Waals surface area contributed by atoms with Crippen LogP contribution in [-0.2, 0) is 17.9 Å². The molecule has 2 aromatic rings. The quantitative estimate of drug-likeness (QED) is 0.804. The Morgan fingerprint density at radius 1 is 0.931 bits per heavy atom. The fourth-order valence-electron chi connectivity index (χ4n) is 3.96. The van der Waals surface area contributed by atoms with Crippen molar-refractivity contribution in [1.29, 1.82) is 0 Å². The van der Waals surface area contributed by atoms with Crippen molar-refractivity contribution in [3.05, 3.63) is 65.2 Å². The molecule has 0 N–H and O–H groups in total. The van der Waals surface area contributed by atoms with Crippen LogP contribution in [0.2, 0.25) is 0 Å². The van der Waals surface area contributed by atoms with Gasteiger partial charge in [0.05, 0.1) is 6.54 Å². The van der Waals surface area contributed by atoms with Crippen LogP contribution < -0.4 is 4.74 Å². The second-order valence-electron chi connectivity index (χ2n) is 7.67. The van der Waals surface area contributed by atoms with Crippen molar-refractivity contribution in [3.8, 4) is 5.75 Å². The summed E-state index contributed by atoms with van der Waals surface area (Å²) in [6.07, 6.45) is 0. The van der Waals surface area contributed by atoms with E-state index in [1.807, 2.05) is 46.2 Å². The fourth-order valence-corrected chi connectivity index (χ4v) is 3.96. The van der Waals surface area contributed by atoms with Crippen LogP contribution in [0.15, 0.2) is 48.5 Å². The van der Waals surface area contributed by atoms with Gasteiger partial charge < -0.3 is 14.5 Å². The van der Waals surface area contributed by atoms with Crippen molar-refractivity contribution in [2.45, 2.75) is 20.0 Å². The third kappa shape index (κ3) is 4.59. The molecule has 6 heteroatoms.